The number of hydrogen-bond acceptors (Lipinski definition) is 2. The van der Waals surface area contributed by atoms with E-state index >= 15 is 0 Å². The Morgan fingerprint density at radius 2 is 1.77 bits per heavy atom. The van der Waals surface area contributed by atoms with Crippen molar-refractivity contribution < 1.29 is 9.47 Å². The Labute approximate surface area is 78.9 Å². The normalized spacial score (nSPS) is 23.2. The molecule has 2 heteroatoms. The second kappa shape index (κ2) is 5.25. The number of hydrogen-bond donors (Lipinski definition) is 0. The van der Waals surface area contributed by atoms with Crippen LogP contribution in [0, 0.1) is 0 Å². The lowest BCUT2D eigenvalue weighted by Crippen LogP contribution is -2.13. The lowest BCUT2D eigenvalue weighted by molar-refractivity contribution is 0.0597. The van der Waals surface area contributed by atoms with E-state index in [1.165, 1.54) is 0 Å². The molecule has 1 aliphatic rings. The molecule has 0 aliphatic carbocycles. The molecule has 70 valence electrons. The van der Waals surface area contributed by atoms with Gasteiger partial charge in [-0.05, 0) is 19.1 Å². The minimum absolute atomic E-state index is 0.604. The first-order chi connectivity index (χ1) is 6.38. The maximum atomic E-state index is 5.41. The fourth-order valence-electron chi connectivity index (χ4n) is 0.997. The Kier molecular flexibility index (Phi) is 3.89. The third-order valence-corrected chi connectivity index (χ3v) is 1.55. The summed E-state index contributed by atoms with van der Waals surface area (Å²) in [5, 5.41) is 0. The molecule has 0 aromatic rings. The zero-order valence-corrected chi connectivity index (χ0v) is 7.82. The van der Waals surface area contributed by atoms with Crippen molar-refractivity contribution in [3.8, 4) is 0 Å². The summed E-state index contributed by atoms with van der Waals surface area (Å²) in [6.45, 7) is 6.78. The maximum Gasteiger partial charge on any atom is 0.161 e. The molecule has 0 aromatic carbocycles. The number of ether oxygens (including phenoxy) is 2. The molecule has 0 radical (unpaired) electrons. The summed E-state index contributed by atoms with van der Waals surface area (Å²) in [5.41, 5.74) is 0. The molecule has 0 N–H and O–H groups in total. The summed E-state index contributed by atoms with van der Waals surface area (Å²) in [4.78, 5) is 0. The molecule has 0 aromatic heterocycles. The van der Waals surface area contributed by atoms with Gasteiger partial charge in [0.05, 0.1) is 0 Å². The summed E-state index contributed by atoms with van der Waals surface area (Å²) in [7, 11) is 0. The maximum absolute atomic E-state index is 5.41. The van der Waals surface area contributed by atoms with Crippen LogP contribution in [0.3, 0.4) is 0 Å². The van der Waals surface area contributed by atoms with Gasteiger partial charge in [0, 0.05) is 0 Å². The number of allylic oxidation sites excluding steroid dienone is 5. The monoisotopic (exact) mass is 178 g/mol. The van der Waals surface area contributed by atoms with E-state index in [1.807, 2.05) is 25.2 Å². The summed E-state index contributed by atoms with van der Waals surface area (Å²) in [6.07, 6.45) is 9.23. The minimum Gasteiger partial charge on any atom is -0.486 e. The molecule has 2 nitrogen and oxygen atoms in total. The van der Waals surface area contributed by atoms with E-state index in [-0.39, 0.29) is 0 Å². The van der Waals surface area contributed by atoms with Gasteiger partial charge in [0.15, 0.2) is 11.5 Å². The Bertz CT molecular complexity index is 259. The molecule has 0 amide bonds. The van der Waals surface area contributed by atoms with Crippen molar-refractivity contribution in [3.05, 3.63) is 48.5 Å². The van der Waals surface area contributed by atoms with Gasteiger partial charge in [-0.2, -0.15) is 0 Å². The van der Waals surface area contributed by atoms with Crippen LogP contribution in [0.15, 0.2) is 48.5 Å². The van der Waals surface area contributed by atoms with Gasteiger partial charge in [-0.1, -0.05) is 24.8 Å². The smallest absolute Gasteiger partial charge is 0.161 e. The van der Waals surface area contributed by atoms with Crippen LogP contribution < -0.4 is 0 Å². The SMILES string of the molecule is C=C/C=C1/OCCO/C1=C/C=C\C. The van der Waals surface area contributed by atoms with Crippen molar-refractivity contribution in [2.75, 3.05) is 13.2 Å². The summed E-state index contributed by atoms with van der Waals surface area (Å²) < 4.78 is 10.8. The third-order valence-electron chi connectivity index (χ3n) is 1.55. The van der Waals surface area contributed by atoms with Crippen LogP contribution in [0.25, 0.3) is 0 Å². The first kappa shape index (κ1) is 9.65. The molecule has 0 atom stereocenters. The van der Waals surface area contributed by atoms with Crippen LogP contribution in [-0.2, 0) is 9.47 Å². The van der Waals surface area contributed by atoms with E-state index in [1.54, 1.807) is 12.2 Å². The molecular weight excluding hydrogens is 164 g/mol. The van der Waals surface area contributed by atoms with Crippen LogP contribution in [0.5, 0.6) is 0 Å². The van der Waals surface area contributed by atoms with Crippen LogP contribution in [-0.4, -0.2) is 13.2 Å². The van der Waals surface area contributed by atoms with Crippen LogP contribution in [0.1, 0.15) is 6.92 Å². The molecule has 1 aliphatic heterocycles. The highest BCUT2D eigenvalue weighted by Crippen LogP contribution is 2.17. The van der Waals surface area contributed by atoms with E-state index in [4.69, 9.17) is 9.47 Å². The van der Waals surface area contributed by atoms with Gasteiger partial charge in [-0.15, -0.1) is 0 Å². The highest BCUT2D eigenvalue weighted by Gasteiger charge is 2.11. The van der Waals surface area contributed by atoms with Crippen molar-refractivity contribution in [1.29, 1.82) is 0 Å². The van der Waals surface area contributed by atoms with Crippen molar-refractivity contribution in [2.45, 2.75) is 6.92 Å². The van der Waals surface area contributed by atoms with E-state index in [2.05, 4.69) is 6.58 Å². The Balaban J connectivity index is 2.78. The summed E-state index contributed by atoms with van der Waals surface area (Å²) in [6, 6.07) is 0. The van der Waals surface area contributed by atoms with Gasteiger partial charge in [0.1, 0.15) is 13.2 Å². The molecule has 1 fully saturated rings. The Morgan fingerprint density at radius 3 is 2.31 bits per heavy atom. The Morgan fingerprint density at radius 1 is 1.15 bits per heavy atom. The van der Waals surface area contributed by atoms with Gasteiger partial charge in [0.2, 0.25) is 0 Å². The fraction of sp³-hybridized carbons (Fsp3) is 0.273. The molecule has 0 bridgehead atoms. The predicted molar refractivity (Wildman–Crippen MR) is 53.1 cm³/mol. The molecule has 1 saturated heterocycles. The molecule has 13 heavy (non-hydrogen) atoms. The highest BCUT2D eigenvalue weighted by atomic mass is 16.6. The average molecular weight is 178 g/mol. The van der Waals surface area contributed by atoms with Crippen LogP contribution in [0.4, 0.5) is 0 Å². The van der Waals surface area contributed by atoms with Gasteiger partial charge in [-0.3, -0.25) is 0 Å². The van der Waals surface area contributed by atoms with E-state index in [9.17, 15) is 0 Å². The first-order valence-electron chi connectivity index (χ1n) is 4.30. The highest BCUT2D eigenvalue weighted by molar-refractivity contribution is 5.28. The zero-order chi connectivity index (χ0) is 9.52. The molecule has 1 rings (SSSR count). The second-order valence-corrected chi connectivity index (χ2v) is 2.52. The van der Waals surface area contributed by atoms with Crippen molar-refractivity contribution in [3.63, 3.8) is 0 Å². The van der Waals surface area contributed by atoms with Crippen LogP contribution >= 0.6 is 0 Å². The lowest BCUT2D eigenvalue weighted by Gasteiger charge is -2.19. The minimum atomic E-state index is 0.604. The molecule has 0 unspecified atom stereocenters. The molecule has 1 heterocycles. The molecule has 0 spiro atoms. The average Bonchev–Trinajstić information content (AvgIpc) is 2.17. The van der Waals surface area contributed by atoms with Crippen molar-refractivity contribution >= 4 is 0 Å². The second-order valence-electron chi connectivity index (χ2n) is 2.52. The predicted octanol–water partition coefficient (Wildman–Crippen LogP) is 2.56. The van der Waals surface area contributed by atoms with E-state index < -0.39 is 0 Å². The standard InChI is InChI=1S/C11H14O2/c1-3-5-7-11-10(6-4-2)12-8-9-13-11/h3-7H,2,8-9H2,1H3/b5-3-,10-6+,11-7+. The first-order valence-corrected chi connectivity index (χ1v) is 4.30. The van der Waals surface area contributed by atoms with Gasteiger partial charge in [0.25, 0.3) is 0 Å². The van der Waals surface area contributed by atoms with E-state index in [0.29, 0.717) is 13.2 Å². The largest absolute Gasteiger partial charge is 0.486 e. The van der Waals surface area contributed by atoms with Crippen LogP contribution in [0.2, 0.25) is 0 Å². The van der Waals surface area contributed by atoms with Gasteiger partial charge < -0.3 is 9.47 Å². The van der Waals surface area contributed by atoms with Gasteiger partial charge in [-0.25, -0.2) is 0 Å². The van der Waals surface area contributed by atoms with E-state index in [0.717, 1.165) is 11.5 Å². The topological polar surface area (TPSA) is 18.5 Å². The quantitative estimate of drug-likeness (QED) is 0.647. The molecular formula is C11H14O2. The lowest BCUT2D eigenvalue weighted by atomic mass is 10.3. The van der Waals surface area contributed by atoms with Gasteiger partial charge >= 0.3 is 0 Å². The summed E-state index contributed by atoms with van der Waals surface area (Å²) >= 11 is 0. The zero-order valence-electron chi connectivity index (χ0n) is 7.82. The third kappa shape index (κ3) is 2.82. The Hall–Kier alpha value is -1.44. The fourth-order valence-corrected chi connectivity index (χ4v) is 0.997. The number of rotatable bonds is 2. The summed E-state index contributed by atoms with van der Waals surface area (Å²) in [5.74, 6) is 1.52. The van der Waals surface area contributed by atoms with Crippen molar-refractivity contribution in [2.24, 2.45) is 0 Å². The molecule has 0 saturated carbocycles. The van der Waals surface area contributed by atoms with Crippen molar-refractivity contribution in [1.82, 2.24) is 0 Å².